The van der Waals surface area contributed by atoms with Crippen LogP contribution in [0.5, 0.6) is 0 Å². The summed E-state index contributed by atoms with van der Waals surface area (Å²) in [6.45, 7) is 0. The van der Waals surface area contributed by atoms with Crippen molar-refractivity contribution in [2.75, 3.05) is 7.11 Å². The summed E-state index contributed by atoms with van der Waals surface area (Å²) >= 11 is 1.38. The zero-order chi connectivity index (χ0) is 17.1. The molecule has 0 aliphatic rings. The van der Waals surface area contributed by atoms with E-state index in [2.05, 4.69) is 4.74 Å². The van der Waals surface area contributed by atoms with Gasteiger partial charge >= 0.3 is 5.97 Å². The van der Waals surface area contributed by atoms with Crippen LogP contribution in [0.1, 0.15) is 23.2 Å². The van der Waals surface area contributed by atoms with Crippen LogP contribution in [0.3, 0.4) is 0 Å². The van der Waals surface area contributed by atoms with Crippen molar-refractivity contribution in [3.63, 3.8) is 0 Å². The lowest BCUT2D eigenvalue weighted by atomic mass is 9.98. The number of fused-ring (bicyclic) bond motifs is 1. The van der Waals surface area contributed by atoms with Gasteiger partial charge in [0.25, 0.3) is 0 Å². The lowest BCUT2D eigenvalue weighted by Gasteiger charge is -2.09. The van der Waals surface area contributed by atoms with E-state index in [9.17, 15) is 15.0 Å². The molecule has 0 unspecified atom stereocenters. The minimum atomic E-state index is -1.52. The SMILES string of the molecule is COC(=O)CCc1cccc(-c2c(C(O)O)sc3ccccc23)c1. The molecule has 0 saturated carbocycles. The number of aryl methyl sites for hydroxylation is 1. The van der Waals surface area contributed by atoms with Gasteiger partial charge in [0.05, 0.1) is 12.0 Å². The summed E-state index contributed by atoms with van der Waals surface area (Å²) in [5.41, 5.74) is 2.76. The Balaban J connectivity index is 2.04. The van der Waals surface area contributed by atoms with Crippen LogP contribution in [0.15, 0.2) is 48.5 Å². The van der Waals surface area contributed by atoms with Crippen molar-refractivity contribution in [2.45, 2.75) is 19.1 Å². The molecule has 2 aromatic carbocycles. The number of benzene rings is 2. The van der Waals surface area contributed by atoms with Gasteiger partial charge in [-0.15, -0.1) is 11.3 Å². The first-order chi connectivity index (χ1) is 11.6. The highest BCUT2D eigenvalue weighted by Gasteiger charge is 2.18. The highest BCUT2D eigenvalue weighted by atomic mass is 32.1. The first-order valence-electron chi connectivity index (χ1n) is 7.64. The highest BCUT2D eigenvalue weighted by Crippen LogP contribution is 2.41. The molecule has 4 nitrogen and oxygen atoms in total. The zero-order valence-corrected chi connectivity index (χ0v) is 14.0. The van der Waals surface area contributed by atoms with Gasteiger partial charge in [0.2, 0.25) is 0 Å². The number of carbonyl (C=O) groups is 1. The van der Waals surface area contributed by atoms with E-state index in [-0.39, 0.29) is 5.97 Å². The van der Waals surface area contributed by atoms with E-state index in [1.165, 1.54) is 18.4 Å². The van der Waals surface area contributed by atoms with E-state index < -0.39 is 6.29 Å². The predicted molar refractivity (Wildman–Crippen MR) is 94.8 cm³/mol. The first kappa shape index (κ1) is 16.6. The fourth-order valence-corrected chi connectivity index (χ4v) is 3.87. The van der Waals surface area contributed by atoms with Crippen LogP contribution >= 0.6 is 11.3 Å². The number of hydrogen-bond donors (Lipinski definition) is 2. The van der Waals surface area contributed by atoms with Crippen LogP contribution in [-0.2, 0) is 16.0 Å². The molecule has 0 aliphatic carbocycles. The number of ether oxygens (including phenoxy) is 1. The molecule has 1 heterocycles. The van der Waals surface area contributed by atoms with Gasteiger partial charge in [-0.3, -0.25) is 4.79 Å². The lowest BCUT2D eigenvalue weighted by molar-refractivity contribution is -0.140. The summed E-state index contributed by atoms with van der Waals surface area (Å²) in [6, 6.07) is 15.6. The second kappa shape index (κ2) is 7.13. The Labute approximate surface area is 143 Å². The van der Waals surface area contributed by atoms with Gasteiger partial charge in [-0.1, -0.05) is 42.5 Å². The molecule has 3 rings (SSSR count). The number of hydrogen-bond acceptors (Lipinski definition) is 5. The fourth-order valence-electron chi connectivity index (χ4n) is 2.77. The number of rotatable bonds is 5. The predicted octanol–water partition coefficient (Wildman–Crippen LogP) is 3.66. The number of aliphatic hydroxyl groups is 2. The van der Waals surface area contributed by atoms with Gasteiger partial charge < -0.3 is 14.9 Å². The Hall–Kier alpha value is -2.21. The maximum absolute atomic E-state index is 11.3. The summed E-state index contributed by atoms with van der Waals surface area (Å²) in [5.74, 6) is -0.243. The molecule has 1 aromatic heterocycles. The number of thiophene rings is 1. The molecule has 0 aliphatic heterocycles. The molecule has 24 heavy (non-hydrogen) atoms. The molecule has 5 heteroatoms. The molecule has 0 spiro atoms. The maximum atomic E-state index is 11.3. The van der Waals surface area contributed by atoms with E-state index in [1.807, 2.05) is 48.5 Å². The highest BCUT2D eigenvalue weighted by molar-refractivity contribution is 7.19. The number of aliphatic hydroxyl groups excluding tert-OH is 1. The van der Waals surface area contributed by atoms with E-state index in [4.69, 9.17) is 0 Å². The minimum absolute atomic E-state index is 0.243. The van der Waals surface area contributed by atoms with E-state index in [0.29, 0.717) is 17.7 Å². The van der Waals surface area contributed by atoms with E-state index in [0.717, 1.165) is 26.8 Å². The molecule has 0 bridgehead atoms. The van der Waals surface area contributed by atoms with Crippen LogP contribution in [0.25, 0.3) is 21.2 Å². The Kier molecular flexibility index (Phi) is 4.94. The number of carbonyl (C=O) groups excluding carboxylic acids is 1. The van der Waals surface area contributed by atoms with Gasteiger partial charge in [0.1, 0.15) is 0 Å². The Bertz CT molecular complexity index is 867. The third-order valence-corrected chi connectivity index (χ3v) is 5.13. The molecule has 3 aromatic rings. The molecule has 0 atom stereocenters. The summed E-state index contributed by atoms with van der Waals surface area (Å²) in [7, 11) is 1.38. The van der Waals surface area contributed by atoms with Crippen molar-refractivity contribution in [3.05, 3.63) is 59.0 Å². The van der Waals surface area contributed by atoms with Crippen molar-refractivity contribution in [2.24, 2.45) is 0 Å². The minimum Gasteiger partial charge on any atom is -0.469 e. The molecule has 0 fully saturated rings. The first-order valence-corrected chi connectivity index (χ1v) is 8.45. The molecule has 124 valence electrons. The van der Waals surface area contributed by atoms with Crippen molar-refractivity contribution in [1.29, 1.82) is 0 Å². The summed E-state index contributed by atoms with van der Waals surface area (Å²) in [4.78, 5) is 11.9. The monoisotopic (exact) mass is 342 g/mol. The molecule has 0 saturated heterocycles. The number of esters is 1. The van der Waals surface area contributed by atoms with Crippen molar-refractivity contribution in [1.82, 2.24) is 0 Å². The van der Waals surface area contributed by atoms with Crippen molar-refractivity contribution < 1.29 is 19.7 Å². The molecule has 0 radical (unpaired) electrons. The van der Waals surface area contributed by atoms with Gasteiger partial charge in [0, 0.05) is 22.1 Å². The van der Waals surface area contributed by atoms with E-state index in [1.54, 1.807) is 0 Å². The zero-order valence-electron chi connectivity index (χ0n) is 13.2. The third-order valence-electron chi connectivity index (χ3n) is 3.92. The van der Waals surface area contributed by atoms with Gasteiger partial charge in [-0.2, -0.15) is 0 Å². The van der Waals surface area contributed by atoms with Crippen LogP contribution in [-0.4, -0.2) is 23.3 Å². The second-order valence-corrected chi connectivity index (χ2v) is 6.57. The average molecular weight is 342 g/mol. The van der Waals surface area contributed by atoms with Crippen molar-refractivity contribution >= 4 is 27.4 Å². The Morgan fingerprint density at radius 3 is 2.71 bits per heavy atom. The van der Waals surface area contributed by atoms with Gasteiger partial charge in [-0.25, -0.2) is 0 Å². The fraction of sp³-hybridized carbons (Fsp3) is 0.211. The largest absolute Gasteiger partial charge is 0.469 e. The Morgan fingerprint density at radius 2 is 1.96 bits per heavy atom. The van der Waals surface area contributed by atoms with Gasteiger partial charge in [-0.05, 0) is 23.6 Å². The van der Waals surface area contributed by atoms with Crippen LogP contribution in [0, 0.1) is 0 Å². The topological polar surface area (TPSA) is 66.8 Å². The molecular weight excluding hydrogens is 324 g/mol. The lowest BCUT2D eigenvalue weighted by Crippen LogP contribution is -2.02. The smallest absolute Gasteiger partial charge is 0.305 e. The summed E-state index contributed by atoms with van der Waals surface area (Å²) in [6.07, 6.45) is -0.615. The van der Waals surface area contributed by atoms with Crippen LogP contribution in [0.4, 0.5) is 0 Å². The van der Waals surface area contributed by atoms with E-state index >= 15 is 0 Å². The summed E-state index contributed by atoms with van der Waals surface area (Å²) < 4.78 is 5.69. The molecule has 0 amide bonds. The standard InChI is InChI=1S/C19H18O4S/c1-23-16(20)10-9-12-5-4-6-13(11-12)17-14-7-2-3-8-15(14)24-18(17)19(21)22/h2-8,11,19,21-22H,9-10H2,1H3. The van der Waals surface area contributed by atoms with Crippen molar-refractivity contribution in [3.8, 4) is 11.1 Å². The third kappa shape index (κ3) is 3.33. The van der Waals surface area contributed by atoms with Gasteiger partial charge in [0.15, 0.2) is 6.29 Å². The summed E-state index contributed by atoms with van der Waals surface area (Å²) in [5, 5.41) is 20.5. The number of methoxy groups -OCH3 is 1. The Morgan fingerprint density at radius 1 is 1.17 bits per heavy atom. The molecule has 2 N–H and O–H groups in total. The average Bonchev–Trinajstić information content (AvgIpc) is 2.99. The molecular formula is C19H18O4S. The maximum Gasteiger partial charge on any atom is 0.305 e. The normalized spacial score (nSPS) is 11.2. The van der Waals surface area contributed by atoms with Crippen LogP contribution in [0.2, 0.25) is 0 Å². The van der Waals surface area contributed by atoms with Crippen LogP contribution < -0.4 is 0 Å². The second-order valence-electron chi connectivity index (χ2n) is 5.49. The quantitative estimate of drug-likeness (QED) is 0.548.